The average molecular weight is 444 g/mol. The summed E-state index contributed by atoms with van der Waals surface area (Å²) < 4.78 is 33.9. The Morgan fingerprint density at radius 1 is 1.06 bits per heavy atom. The van der Waals surface area contributed by atoms with Crippen molar-refractivity contribution in [1.29, 1.82) is 0 Å². The van der Waals surface area contributed by atoms with Crippen LogP contribution < -0.4 is 0 Å². The number of hydrogen-bond donors (Lipinski definition) is 0. The summed E-state index contributed by atoms with van der Waals surface area (Å²) in [4.78, 5) is 7.08. The SMILES string of the molecule is COCCN1CC2(CCN(S(=O)(=O)c3cc(C)c(C)cc3C)CC2)C1c1ccncc1. The molecular weight excluding hydrogens is 410 g/mol. The van der Waals surface area contributed by atoms with Crippen molar-refractivity contribution in [3.8, 4) is 0 Å². The van der Waals surface area contributed by atoms with Gasteiger partial charge in [0.25, 0.3) is 0 Å². The lowest BCUT2D eigenvalue weighted by Gasteiger charge is -2.60. The molecule has 0 radical (unpaired) electrons. The molecule has 2 aromatic rings. The van der Waals surface area contributed by atoms with Crippen molar-refractivity contribution in [2.75, 3.05) is 39.9 Å². The molecule has 1 aromatic heterocycles. The highest BCUT2D eigenvalue weighted by molar-refractivity contribution is 7.89. The zero-order valence-corrected chi connectivity index (χ0v) is 19.8. The van der Waals surface area contributed by atoms with Gasteiger partial charge in [0.05, 0.1) is 11.5 Å². The number of likely N-dealkylation sites (tertiary alicyclic amines) is 1. The topological polar surface area (TPSA) is 62.7 Å². The van der Waals surface area contributed by atoms with E-state index >= 15 is 0 Å². The van der Waals surface area contributed by atoms with E-state index < -0.39 is 10.0 Å². The lowest BCUT2D eigenvalue weighted by atomic mass is 9.63. The van der Waals surface area contributed by atoms with E-state index in [-0.39, 0.29) is 5.41 Å². The van der Waals surface area contributed by atoms with Gasteiger partial charge in [0.1, 0.15) is 0 Å². The fourth-order valence-electron chi connectivity index (χ4n) is 5.34. The minimum absolute atomic E-state index is 0.110. The molecule has 6 nitrogen and oxygen atoms in total. The van der Waals surface area contributed by atoms with Gasteiger partial charge in [-0.15, -0.1) is 0 Å². The molecule has 1 aromatic carbocycles. The smallest absolute Gasteiger partial charge is 0.243 e. The van der Waals surface area contributed by atoms with Crippen molar-refractivity contribution in [3.63, 3.8) is 0 Å². The summed E-state index contributed by atoms with van der Waals surface area (Å²) >= 11 is 0. The first-order valence-electron chi connectivity index (χ1n) is 11.0. The van der Waals surface area contributed by atoms with Gasteiger partial charge in [0.15, 0.2) is 0 Å². The van der Waals surface area contributed by atoms with E-state index in [4.69, 9.17) is 4.74 Å². The second-order valence-corrected chi connectivity index (χ2v) is 11.0. The normalized spacial score (nSPS) is 21.9. The lowest BCUT2D eigenvalue weighted by molar-refractivity contribution is -0.110. The summed E-state index contributed by atoms with van der Waals surface area (Å²) in [7, 11) is -1.76. The Balaban J connectivity index is 1.54. The molecule has 1 spiro atoms. The number of sulfonamides is 1. The quantitative estimate of drug-likeness (QED) is 0.684. The van der Waals surface area contributed by atoms with Crippen LogP contribution in [0.25, 0.3) is 0 Å². The molecule has 2 aliphatic rings. The summed E-state index contributed by atoms with van der Waals surface area (Å²) in [5.41, 5.74) is 4.34. The maximum Gasteiger partial charge on any atom is 0.243 e. The molecule has 4 rings (SSSR count). The van der Waals surface area contributed by atoms with E-state index in [1.54, 1.807) is 11.4 Å². The molecular formula is C24H33N3O3S. The van der Waals surface area contributed by atoms with Gasteiger partial charge in [-0.25, -0.2) is 8.42 Å². The molecule has 2 saturated heterocycles. The minimum Gasteiger partial charge on any atom is -0.383 e. The third-order valence-electron chi connectivity index (χ3n) is 7.19. The van der Waals surface area contributed by atoms with Crippen LogP contribution in [0.2, 0.25) is 0 Å². The molecule has 2 aliphatic heterocycles. The number of nitrogens with zero attached hydrogens (tertiary/aromatic N) is 3. The Kier molecular flexibility index (Phi) is 6.23. The van der Waals surface area contributed by atoms with Crippen LogP contribution in [0.1, 0.15) is 41.1 Å². The van der Waals surface area contributed by atoms with E-state index in [0.717, 1.165) is 42.6 Å². The van der Waals surface area contributed by atoms with Gasteiger partial charge in [0, 0.05) is 57.1 Å². The molecule has 168 valence electrons. The second kappa shape index (κ2) is 8.62. The summed E-state index contributed by atoms with van der Waals surface area (Å²) in [5, 5.41) is 0. The van der Waals surface area contributed by atoms with Crippen molar-refractivity contribution >= 4 is 10.0 Å². The number of ether oxygens (including phenoxy) is 1. The van der Waals surface area contributed by atoms with Crippen LogP contribution in [0.5, 0.6) is 0 Å². The Morgan fingerprint density at radius 2 is 1.71 bits per heavy atom. The predicted molar refractivity (Wildman–Crippen MR) is 122 cm³/mol. The monoisotopic (exact) mass is 443 g/mol. The van der Waals surface area contributed by atoms with E-state index in [1.165, 1.54) is 5.56 Å². The highest BCUT2D eigenvalue weighted by atomic mass is 32.2. The first-order chi connectivity index (χ1) is 14.8. The number of benzene rings is 1. The standard InChI is InChI=1S/C24H33N3O3S/c1-18-15-20(3)22(16-19(18)2)31(28,29)27-11-7-24(8-12-27)17-26(13-14-30-4)23(24)21-5-9-25-10-6-21/h5-6,9-10,15-16,23H,7-8,11-14,17H2,1-4H3. The molecule has 0 amide bonds. The molecule has 3 heterocycles. The van der Waals surface area contributed by atoms with Crippen molar-refractivity contribution in [3.05, 3.63) is 58.9 Å². The van der Waals surface area contributed by atoms with E-state index in [2.05, 4.69) is 22.0 Å². The van der Waals surface area contributed by atoms with Crippen molar-refractivity contribution < 1.29 is 13.2 Å². The van der Waals surface area contributed by atoms with Crippen LogP contribution in [-0.4, -0.2) is 62.5 Å². The molecule has 0 aliphatic carbocycles. The summed E-state index contributed by atoms with van der Waals surface area (Å²) in [6.45, 7) is 9.58. The molecule has 1 unspecified atom stereocenters. The molecule has 0 saturated carbocycles. The molecule has 7 heteroatoms. The average Bonchev–Trinajstić information content (AvgIpc) is 2.74. The second-order valence-electron chi connectivity index (χ2n) is 9.11. The Labute approximate surface area is 186 Å². The number of pyridine rings is 1. The van der Waals surface area contributed by atoms with Crippen LogP contribution in [0.3, 0.4) is 0 Å². The van der Waals surface area contributed by atoms with Crippen molar-refractivity contribution in [2.45, 2.75) is 44.6 Å². The van der Waals surface area contributed by atoms with Gasteiger partial charge in [-0.1, -0.05) is 6.07 Å². The fraction of sp³-hybridized carbons (Fsp3) is 0.542. The number of piperidine rings is 1. The van der Waals surface area contributed by atoms with Gasteiger partial charge in [-0.05, 0) is 74.1 Å². The van der Waals surface area contributed by atoms with Gasteiger partial charge >= 0.3 is 0 Å². The molecule has 0 N–H and O–H groups in total. The number of hydrogen-bond acceptors (Lipinski definition) is 5. The summed E-state index contributed by atoms with van der Waals surface area (Å²) in [6, 6.07) is 8.28. The zero-order valence-electron chi connectivity index (χ0n) is 19.0. The number of rotatable bonds is 6. The molecule has 0 bridgehead atoms. The number of aryl methyl sites for hydroxylation is 3. The van der Waals surface area contributed by atoms with Crippen LogP contribution >= 0.6 is 0 Å². The Morgan fingerprint density at radius 3 is 2.35 bits per heavy atom. The largest absolute Gasteiger partial charge is 0.383 e. The van der Waals surface area contributed by atoms with Crippen LogP contribution in [0.15, 0.2) is 41.6 Å². The van der Waals surface area contributed by atoms with Crippen LogP contribution in [0, 0.1) is 26.2 Å². The predicted octanol–water partition coefficient (Wildman–Crippen LogP) is 3.48. The number of aromatic nitrogens is 1. The highest BCUT2D eigenvalue weighted by Crippen LogP contribution is 2.55. The highest BCUT2D eigenvalue weighted by Gasteiger charge is 2.54. The molecule has 2 fully saturated rings. The van der Waals surface area contributed by atoms with Gasteiger partial charge in [-0.3, -0.25) is 9.88 Å². The van der Waals surface area contributed by atoms with Crippen LogP contribution in [-0.2, 0) is 14.8 Å². The Hall–Kier alpha value is -1.80. The summed E-state index contributed by atoms with van der Waals surface area (Å²) in [6.07, 6.45) is 5.43. The Bertz CT molecular complexity index is 1030. The van der Waals surface area contributed by atoms with E-state index in [0.29, 0.717) is 30.6 Å². The molecule has 1 atom stereocenters. The first-order valence-corrected chi connectivity index (χ1v) is 12.4. The van der Waals surface area contributed by atoms with E-state index in [9.17, 15) is 8.42 Å². The van der Waals surface area contributed by atoms with Crippen LogP contribution in [0.4, 0.5) is 0 Å². The number of methoxy groups -OCH3 is 1. The maximum atomic E-state index is 13.4. The zero-order chi connectivity index (χ0) is 22.2. The third kappa shape index (κ3) is 4.04. The van der Waals surface area contributed by atoms with E-state index in [1.807, 2.05) is 45.3 Å². The fourth-order valence-corrected chi connectivity index (χ4v) is 7.07. The summed E-state index contributed by atoms with van der Waals surface area (Å²) in [5.74, 6) is 0. The van der Waals surface area contributed by atoms with Gasteiger partial charge < -0.3 is 4.74 Å². The van der Waals surface area contributed by atoms with Crippen molar-refractivity contribution in [2.24, 2.45) is 5.41 Å². The maximum absolute atomic E-state index is 13.4. The van der Waals surface area contributed by atoms with Crippen molar-refractivity contribution in [1.82, 2.24) is 14.2 Å². The lowest BCUT2D eigenvalue weighted by Crippen LogP contribution is -2.62. The third-order valence-corrected chi connectivity index (χ3v) is 9.24. The van der Waals surface area contributed by atoms with Gasteiger partial charge in [0.2, 0.25) is 10.0 Å². The van der Waals surface area contributed by atoms with Gasteiger partial charge in [-0.2, -0.15) is 4.31 Å². The minimum atomic E-state index is -3.49. The first kappa shape index (κ1) is 22.4. The molecule has 31 heavy (non-hydrogen) atoms.